The molecule has 0 bridgehead atoms. The lowest BCUT2D eigenvalue weighted by molar-refractivity contribution is -0.290. The Balaban J connectivity index is 1.56. The highest BCUT2D eigenvalue weighted by atomic mass is 16.6. The molecular formula is C26H50N4O5. The second kappa shape index (κ2) is 12.9. The summed E-state index contributed by atoms with van der Waals surface area (Å²) < 4.78 is 30.8. The first-order valence-electron chi connectivity index (χ1n) is 14.0. The number of hydrogen-bond donors (Lipinski definition) is 0. The number of hydrogen-bond acceptors (Lipinski definition) is 9. The maximum absolute atomic E-state index is 7.42. The van der Waals surface area contributed by atoms with E-state index in [0.29, 0.717) is 12.2 Å². The van der Waals surface area contributed by atoms with Gasteiger partial charge in [0.1, 0.15) is 11.4 Å². The minimum Gasteiger partial charge on any atom is -0.379 e. The van der Waals surface area contributed by atoms with Crippen molar-refractivity contribution in [1.82, 2.24) is 19.6 Å². The summed E-state index contributed by atoms with van der Waals surface area (Å²) >= 11 is 0. The van der Waals surface area contributed by atoms with E-state index in [4.69, 9.17) is 23.7 Å². The van der Waals surface area contributed by atoms with E-state index in [1.807, 2.05) is 0 Å². The maximum Gasteiger partial charge on any atom is 0.134 e. The van der Waals surface area contributed by atoms with Crippen LogP contribution in [0.5, 0.6) is 0 Å². The third-order valence-electron chi connectivity index (χ3n) is 8.19. The molecule has 4 unspecified atom stereocenters. The molecule has 9 heteroatoms. The first-order chi connectivity index (χ1) is 16.9. The van der Waals surface area contributed by atoms with Gasteiger partial charge in [-0.15, -0.1) is 0 Å². The average Bonchev–Trinajstić information content (AvgIpc) is 2.89. The van der Waals surface area contributed by atoms with Gasteiger partial charge in [0.15, 0.2) is 0 Å². The zero-order chi connectivity index (χ0) is 24.7. The van der Waals surface area contributed by atoms with Crippen LogP contribution in [0.3, 0.4) is 0 Å². The summed E-state index contributed by atoms with van der Waals surface area (Å²) in [5.41, 5.74) is -0.855. The molecule has 35 heavy (non-hydrogen) atoms. The van der Waals surface area contributed by atoms with Crippen molar-refractivity contribution in [3.8, 4) is 0 Å². The van der Waals surface area contributed by atoms with Crippen molar-refractivity contribution < 1.29 is 23.7 Å². The summed E-state index contributed by atoms with van der Waals surface area (Å²) in [6.07, 6.45) is 2.71. The third kappa shape index (κ3) is 7.36. The van der Waals surface area contributed by atoms with E-state index >= 15 is 0 Å². The van der Waals surface area contributed by atoms with Gasteiger partial charge >= 0.3 is 0 Å². The van der Waals surface area contributed by atoms with Crippen LogP contribution in [0.4, 0.5) is 0 Å². The summed E-state index contributed by atoms with van der Waals surface area (Å²) in [6.45, 7) is 22.8. The molecule has 4 aliphatic heterocycles. The van der Waals surface area contributed by atoms with Gasteiger partial charge in [0.25, 0.3) is 0 Å². The van der Waals surface area contributed by atoms with Gasteiger partial charge in [-0.2, -0.15) is 0 Å². The summed E-state index contributed by atoms with van der Waals surface area (Å²) in [4.78, 5) is 10.1. The van der Waals surface area contributed by atoms with Gasteiger partial charge in [-0.05, 0) is 26.7 Å². The van der Waals surface area contributed by atoms with Crippen LogP contribution in [0.2, 0.25) is 0 Å². The van der Waals surface area contributed by atoms with E-state index in [1.54, 1.807) is 0 Å². The second-order valence-electron chi connectivity index (χ2n) is 10.9. The molecule has 0 radical (unpaired) electrons. The van der Waals surface area contributed by atoms with Crippen molar-refractivity contribution >= 4 is 0 Å². The SMILES string of the molecule is CCC1CN(CC(C)(OC(C)(CN2CCOC(CC)C2)N2CCOCC2)N2CCOCC2)CCO1. The Labute approximate surface area is 212 Å². The first kappa shape index (κ1) is 27.7. The van der Waals surface area contributed by atoms with Crippen molar-refractivity contribution in [3.05, 3.63) is 0 Å². The molecule has 0 amide bonds. The lowest BCUT2D eigenvalue weighted by Gasteiger charge is -2.54. The number of ether oxygens (including phenoxy) is 5. The fourth-order valence-electron chi connectivity index (χ4n) is 6.11. The maximum atomic E-state index is 7.42. The molecule has 0 aromatic heterocycles. The van der Waals surface area contributed by atoms with Crippen LogP contribution < -0.4 is 0 Å². The van der Waals surface area contributed by atoms with Crippen LogP contribution in [-0.2, 0) is 23.7 Å². The second-order valence-corrected chi connectivity index (χ2v) is 10.9. The molecule has 0 saturated carbocycles. The zero-order valence-electron chi connectivity index (χ0n) is 22.7. The van der Waals surface area contributed by atoms with E-state index in [0.717, 1.165) is 118 Å². The Bertz CT molecular complexity index is 581. The van der Waals surface area contributed by atoms with Gasteiger partial charge in [-0.3, -0.25) is 19.6 Å². The van der Waals surface area contributed by atoms with Gasteiger partial charge in [-0.1, -0.05) is 13.8 Å². The molecular weight excluding hydrogens is 448 g/mol. The average molecular weight is 499 g/mol. The predicted octanol–water partition coefficient (Wildman–Crippen LogP) is 1.32. The molecule has 9 nitrogen and oxygen atoms in total. The summed E-state index contributed by atoms with van der Waals surface area (Å²) in [6, 6.07) is 0. The van der Waals surface area contributed by atoms with Gasteiger partial charge in [0.05, 0.1) is 51.8 Å². The van der Waals surface area contributed by atoms with Crippen LogP contribution >= 0.6 is 0 Å². The third-order valence-corrected chi connectivity index (χ3v) is 8.19. The fourth-order valence-corrected chi connectivity index (χ4v) is 6.11. The molecule has 0 spiro atoms. The number of morpholine rings is 4. The minimum atomic E-state index is -0.428. The molecule has 0 N–H and O–H groups in total. The zero-order valence-corrected chi connectivity index (χ0v) is 22.7. The molecule has 0 aliphatic carbocycles. The largest absolute Gasteiger partial charge is 0.379 e. The lowest BCUT2D eigenvalue weighted by Crippen LogP contribution is -2.68. The van der Waals surface area contributed by atoms with Crippen molar-refractivity contribution in [2.45, 2.75) is 64.2 Å². The predicted molar refractivity (Wildman–Crippen MR) is 136 cm³/mol. The molecule has 0 aromatic carbocycles. The first-order valence-corrected chi connectivity index (χ1v) is 14.0. The van der Waals surface area contributed by atoms with E-state index in [9.17, 15) is 0 Å². The Kier molecular flexibility index (Phi) is 10.2. The summed E-state index contributed by atoms with van der Waals surface area (Å²) in [5, 5.41) is 0. The van der Waals surface area contributed by atoms with E-state index in [1.165, 1.54) is 0 Å². The van der Waals surface area contributed by atoms with Gasteiger partial charge in [-0.25, -0.2) is 0 Å². The van der Waals surface area contributed by atoms with Crippen LogP contribution in [0, 0.1) is 0 Å². The van der Waals surface area contributed by atoms with Crippen molar-refractivity contribution in [2.75, 3.05) is 105 Å². The van der Waals surface area contributed by atoms with E-state index < -0.39 is 11.4 Å². The van der Waals surface area contributed by atoms with Gasteiger partial charge in [0, 0.05) is 65.4 Å². The van der Waals surface area contributed by atoms with Crippen LogP contribution in [0.15, 0.2) is 0 Å². The van der Waals surface area contributed by atoms with Crippen molar-refractivity contribution in [3.63, 3.8) is 0 Å². The summed E-state index contributed by atoms with van der Waals surface area (Å²) in [7, 11) is 0. The van der Waals surface area contributed by atoms with E-state index in [-0.39, 0.29) is 0 Å². The highest BCUT2D eigenvalue weighted by Crippen LogP contribution is 2.32. The highest BCUT2D eigenvalue weighted by Gasteiger charge is 2.46. The van der Waals surface area contributed by atoms with Crippen molar-refractivity contribution in [1.29, 1.82) is 0 Å². The molecule has 4 rings (SSSR count). The molecule has 4 saturated heterocycles. The quantitative estimate of drug-likeness (QED) is 0.444. The highest BCUT2D eigenvalue weighted by molar-refractivity contribution is 4.92. The van der Waals surface area contributed by atoms with Crippen LogP contribution in [0.25, 0.3) is 0 Å². The fraction of sp³-hybridized carbons (Fsp3) is 1.00. The monoisotopic (exact) mass is 498 g/mol. The molecule has 4 atom stereocenters. The Morgan fingerprint density at radius 3 is 1.40 bits per heavy atom. The smallest absolute Gasteiger partial charge is 0.134 e. The Hall–Kier alpha value is -0.360. The minimum absolute atomic E-state index is 0.308. The molecule has 204 valence electrons. The Morgan fingerprint density at radius 2 is 1.03 bits per heavy atom. The standard InChI is InChI=1S/C26H50N4O5/c1-5-23-19-27(7-17-33-23)21-25(3,29-9-13-31-14-10-29)35-26(4,30-11-15-32-16-12-30)22-28-8-18-34-24(6-2)20-28/h23-24H,5-22H2,1-4H3. The van der Waals surface area contributed by atoms with Crippen LogP contribution in [0.1, 0.15) is 40.5 Å². The number of rotatable bonds is 10. The summed E-state index contributed by atoms with van der Waals surface area (Å²) in [5.74, 6) is 0. The normalized spacial score (nSPS) is 32.2. The Morgan fingerprint density at radius 1 is 0.629 bits per heavy atom. The van der Waals surface area contributed by atoms with E-state index in [2.05, 4.69) is 47.3 Å². The molecule has 4 aliphatic rings. The van der Waals surface area contributed by atoms with Crippen molar-refractivity contribution in [2.24, 2.45) is 0 Å². The molecule has 4 heterocycles. The van der Waals surface area contributed by atoms with Crippen LogP contribution in [-0.4, -0.2) is 148 Å². The van der Waals surface area contributed by atoms with Gasteiger partial charge < -0.3 is 23.7 Å². The lowest BCUT2D eigenvalue weighted by atomic mass is 10.1. The number of nitrogens with zero attached hydrogens (tertiary/aromatic N) is 4. The molecule has 0 aromatic rings. The topological polar surface area (TPSA) is 59.1 Å². The molecule has 4 fully saturated rings. The van der Waals surface area contributed by atoms with Gasteiger partial charge in [0.2, 0.25) is 0 Å².